The number of amidine groups is 1. The van der Waals surface area contributed by atoms with Crippen molar-refractivity contribution in [3.63, 3.8) is 0 Å². The summed E-state index contributed by atoms with van der Waals surface area (Å²) in [5.41, 5.74) is 7.00. The normalized spacial score (nSPS) is 11.5. The van der Waals surface area contributed by atoms with Gasteiger partial charge in [-0.3, -0.25) is 4.98 Å². The number of likely N-dealkylation sites (N-methyl/N-ethyl adjacent to an activating group) is 1. The Bertz CT molecular complexity index is 554. The molecule has 6 heteroatoms. The fraction of sp³-hybridized carbons (Fsp3) is 0.231. The Morgan fingerprint density at radius 3 is 3.05 bits per heavy atom. The highest BCUT2D eigenvalue weighted by Crippen LogP contribution is 2.15. The van der Waals surface area contributed by atoms with Gasteiger partial charge in [0.1, 0.15) is 5.69 Å². The van der Waals surface area contributed by atoms with Gasteiger partial charge in [-0.05, 0) is 30.0 Å². The Hall–Kier alpha value is -2.08. The van der Waals surface area contributed by atoms with Crippen LogP contribution in [0.25, 0.3) is 0 Å². The maximum absolute atomic E-state index is 8.66. The van der Waals surface area contributed by atoms with Crippen molar-refractivity contribution in [1.82, 2.24) is 4.98 Å². The van der Waals surface area contributed by atoms with E-state index in [2.05, 4.69) is 32.6 Å². The minimum Gasteiger partial charge on any atom is -0.409 e. The minimum atomic E-state index is 0.0218. The van der Waals surface area contributed by atoms with Gasteiger partial charge in [0.05, 0.1) is 0 Å². The first kappa shape index (κ1) is 13.4. The Morgan fingerprint density at radius 2 is 2.37 bits per heavy atom. The van der Waals surface area contributed by atoms with E-state index in [4.69, 9.17) is 10.9 Å². The third-order valence-corrected chi connectivity index (χ3v) is 3.76. The van der Waals surface area contributed by atoms with Crippen LogP contribution in [0.5, 0.6) is 0 Å². The summed E-state index contributed by atoms with van der Waals surface area (Å²) in [7, 11) is 2.01. The average Bonchev–Trinajstić information content (AvgIpc) is 2.97. The summed E-state index contributed by atoms with van der Waals surface area (Å²) < 4.78 is 0. The molecular formula is C13H16N4OS. The van der Waals surface area contributed by atoms with E-state index in [1.54, 1.807) is 17.5 Å². The van der Waals surface area contributed by atoms with Crippen LogP contribution in [-0.2, 0) is 6.42 Å². The maximum atomic E-state index is 8.66. The molecule has 3 N–H and O–H groups in total. The molecule has 2 rings (SSSR count). The molecule has 0 unspecified atom stereocenters. The first-order chi connectivity index (χ1) is 9.20. The van der Waals surface area contributed by atoms with E-state index in [9.17, 15) is 0 Å². The summed E-state index contributed by atoms with van der Waals surface area (Å²) in [6.07, 6.45) is 2.65. The van der Waals surface area contributed by atoms with Crippen molar-refractivity contribution in [2.24, 2.45) is 10.9 Å². The fourth-order valence-corrected chi connectivity index (χ4v) is 2.41. The highest BCUT2D eigenvalue weighted by atomic mass is 32.1. The largest absolute Gasteiger partial charge is 0.409 e. The van der Waals surface area contributed by atoms with Crippen LogP contribution < -0.4 is 10.6 Å². The van der Waals surface area contributed by atoms with Crippen molar-refractivity contribution in [3.05, 3.63) is 46.4 Å². The van der Waals surface area contributed by atoms with Crippen LogP contribution >= 0.6 is 11.3 Å². The third kappa shape index (κ3) is 3.45. The highest BCUT2D eigenvalue weighted by Gasteiger charge is 2.06. The second kappa shape index (κ2) is 6.19. The number of nitrogens with two attached hydrogens (primary N) is 1. The Balaban J connectivity index is 2.04. The SMILES string of the molecule is CN(CCc1cccs1)c1ccnc(C(N)=NO)c1. The zero-order chi connectivity index (χ0) is 13.7. The predicted molar refractivity (Wildman–Crippen MR) is 78.0 cm³/mol. The number of hydrogen-bond acceptors (Lipinski definition) is 5. The third-order valence-electron chi connectivity index (χ3n) is 2.83. The second-order valence-corrected chi connectivity index (χ2v) is 5.17. The lowest BCUT2D eigenvalue weighted by molar-refractivity contribution is 0.318. The van der Waals surface area contributed by atoms with Crippen LogP contribution in [0, 0.1) is 0 Å². The quantitative estimate of drug-likeness (QED) is 0.379. The van der Waals surface area contributed by atoms with Crippen LogP contribution in [0.15, 0.2) is 41.0 Å². The van der Waals surface area contributed by atoms with Gasteiger partial charge in [-0.2, -0.15) is 0 Å². The number of nitrogens with zero attached hydrogens (tertiary/aromatic N) is 3. The summed E-state index contributed by atoms with van der Waals surface area (Å²) in [6, 6.07) is 7.90. The first-order valence-electron chi connectivity index (χ1n) is 5.88. The summed E-state index contributed by atoms with van der Waals surface area (Å²) in [6.45, 7) is 0.903. The second-order valence-electron chi connectivity index (χ2n) is 4.14. The molecule has 0 atom stereocenters. The molecule has 0 aliphatic carbocycles. The van der Waals surface area contributed by atoms with Gasteiger partial charge >= 0.3 is 0 Å². The number of anilines is 1. The highest BCUT2D eigenvalue weighted by molar-refractivity contribution is 7.09. The monoisotopic (exact) mass is 276 g/mol. The molecule has 2 heterocycles. The van der Waals surface area contributed by atoms with Crippen LogP contribution in [0.3, 0.4) is 0 Å². The van der Waals surface area contributed by atoms with Gasteiger partial charge in [0, 0.05) is 30.4 Å². The molecule has 0 saturated heterocycles. The summed E-state index contributed by atoms with van der Waals surface area (Å²) >= 11 is 1.76. The zero-order valence-electron chi connectivity index (χ0n) is 10.7. The summed E-state index contributed by atoms with van der Waals surface area (Å²) in [4.78, 5) is 7.54. The van der Waals surface area contributed by atoms with E-state index in [0.29, 0.717) is 5.69 Å². The molecule has 2 aromatic heterocycles. The van der Waals surface area contributed by atoms with E-state index in [0.717, 1.165) is 18.7 Å². The number of rotatable bonds is 5. The molecule has 0 bridgehead atoms. The van der Waals surface area contributed by atoms with E-state index < -0.39 is 0 Å². The van der Waals surface area contributed by atoms with Crippen molar-refractivity contribution in [1.29, 1.82) is 0 Å². The van der Waals surface area contributed by atoms with E-state index in [1.165, 1.54) is 4.88 Å². The molecule has 0 aromatic carbocycles. The molecule has 2 aromatic rings. The number of pyridine rings is 1. The van der Waals surface area contributed by atoms with Crippen molar-refractivity contribution in [2.45, 2.75) is 6.42 Å². The molecule has 0 amide bonds. The van der Waals surface area contributed by atoms with Crippen LogP contribution in [0.1, 0.15) is 10.6 Å². The van der Waals surface area contributed by atoms with Gasteiger partial charge in [-0.25, -0.2) is 0 Å². The van der Waals surface area contributed by atoms with Gasteiger partial charge in [0.15, 0.2) is 5.84 Å². The Morgan fingerprint density at radius 1 is 1.53 bits per heavy atom. The van der Waals surface area contributed by atoms with Crippen LogP contribution in [0.4, 0.5) is 5.69 Å². The first-order valence-corrected chi connectivity index (χ1v) is 6.76. The molecule has 5 nitrogen and oxygen atoms in total. The molecular weight excluding hydrogens is 260 g/mol. The molecule has 19 heavy (non-hydrogen) atoms. The predicted octanol–water partition coefficient (Wildman–Crippen LogP) is 1.92. The molecule has 100 valence electrons. The molecule has 0 spiro atoms. The van der Waals surface area contributed by atoms with Gasteiger partial charge in [-0.15, -0.1) is 11.3 Å². The van der Waals surface area contributed by atoms with Gasteiger partial charge in [0.2, 0.25) is 0 Å². The summed E-state index contributed by atoms with van der Waals surface area (Å²) in [5.74, 6) is 0.0218. The molecule has 0 aliphatic heterocycles. The fourth-order valence-electron chi connectivity index (χ4n) is 1.71. The molecule has 0 radical (unpaired) electrons. The minimum absolute atomic E-state index is 0.0218. The van der Waals surface area contributed by atoms with Gasteiger partial charge < -0.3 is 15.8 Å². The average molecular weight is 276 g/mol. The zero-order valence-corrected chi connectivity index (χ0v) is 11.5. The topological polar surface area (TPSA) is 74.7 Å². The molecule has 0 saturated carbocycles. The van der Waals surface area contributed by atoms with Crippen molar-refractivity contribution < 1.29 is 5.21 Å². The van der Waals surface area contributed by atoms with Crippen molar-refractivity contribution in [3.8, 4) is 0 Å². The summed E-state index contributed by atoms with van der Waals surface area (Å²) in [5, 5.41) is 13.7. The van der Waals surface area contributed by atoms with Crippen molar-refractivity contribution >= 4 is 22.9 Å². The van der Waals surface area contributed by atoms with E-state index in [1.807, 2.05) is 19.2 Å². The smallest absolute Gasteiger partial charge is 0.188 e. The Kier molecular flexibility index (Phi) is 4.35. The number of oxime groups is 1. The van der Waals surface area contributed by atoms with Crippen LogP contribution in [-0.4, -0.2) is 29.6 Å². The Labute approximate surface area is 116 Å². The van der Waals surface area contributed by atoms with Crippen molar-refractivity contribution in [2.75, 3.05) is 18.5 Å². The lowest BCUT2D eigenvalue weighted by atomic mass is 10.2. The number of thiophene rings is 1. The maximum Gasteiger partial charge on any atom is 0.188 e. The van der Waals surface area contributed by atoms with E-state index >= 15 is 0 Å². The number of aromatic nitrogens is 1. The van der Waals surface area contributed by atoms with E-state index in [-0.39, 0.29) is 5.84 Å². The molecule has 0 fully saturated rings. The molecule has 0 aliphatic rings. The van der Waals surface area contributed by atoms with Gasteiger partial charge in [-0.1, -0.05) is 11.2 Å². The van der Waals surface area contributed by atoms with Gasteiger partial charge in [0.25, 0.3) is 0 Å². The lowest BCUT2D eigenvalue weighted by Crippen LogP contribution is -2.21. The number of hydrogen-bond donors (Lipinski definition) is 2. The van der Waals surface area contributed by atoms with Crippen LogP contribution in [0.2, 0.25) is 0 Å². The standard InChI is InChI=1S/C13H16N4OS/c1-17(7-5-11-3-2-8-19-11)10-4-6-15-12(9-10)13(14)16-18/h2-4,6,8-9,18H,5,7H2,1H3,(H2,14,16). The lowest BCUT2D eigenvalue weighted by Gasteiger charge is -2.19.